The van der Waals surface area contributed by atoms with Gasteiger partial charge in [0.25, 0.3) is 0 Å². The molecular formula is C16H15FO4. The Morgan fingerprint density at radius 2 is 2.05 bits per heavy atom. The van der Waals surface area contributed by atoms with Gasteiger partial charge in [-0.15, -0.1) is 0 Å². The van der Waals surface area contributed by atoms with Crippen LogP contribution in [0.5, 0.6) is 11.5 Å². The minimum Gasteiger partial charge on any atom is -0.496 e. The molecule has 0 atom stereocenters. The van der Waals surface area contributed by atoms with Crippen molar-refractivity contribution in [1.29, 1.82) is 0 Å². The third kappa shape index (κ3) is 4.21. The van der Waals surface area contributed by atoms with Gasteiger partial charge in [0.05, 0.1) is 13.5 Å². The average Bonchev–Trinajstić information content (AvgIpc) is 2.45. The van der Waals surface area contributed by atoms with Gasteiger partial charge in [0.1, 0.15) is 23.9 Å². The molecular weight excluding hydrogens is 275 g/mol. The van der Waals surface area contributed by atoms with Gasteiger partial charge in [-0.2, -0.15) is 0 Å². The number of methoxy groups -OCH3 is 1. The summed E-state index contributed by atoms with van der Waals surface area (Å²) in [6, 6.07) is 11.0. The number of carbonyl (C=O) groups is 1. The summed E-state index contributed by atoms with van der Waals surface area (Å²) in [6.45, 7) is 0.136. The van der Waals surface area contributed by atoms with Gasteiger partial charge < -0.3 is 14.6 Å². The molecule has 21 heavy (non-hydrogen) atoms. The predicted molar refractivity (Wildman–Crippen MR) is 75.1 cm³/mol. The molecule has 0 aliphatic rings. The number of hydrogen-bond acceptors (Lipinski definition) is 3. The SMILES string of the molecule is COc1ccc(F)cc1COc1cccc(CC(=O)O)c1. The molecule has 110 valence electrons. The standard InChI is InChI=1S/C16H15FO4/c1-20-15-6-5-13(17)9-12(15)10-21-14-4-2-3-11(7-14)8-16(18)19/h2-7,9H,8,10H2,1H3,(H,18,19). The lowest BCUT2D eigenvalue weighted by molar-refractivity contribution is -0.136. The van der Waals surface area contributed by atoms with Crippen molar-refractivity contribution < 1.29 is 23.8 Å². The van der Waals surface area contributed by atoms with Crippen LogP contribution in [-0.4, -0.2) is 18.2 Å². The molecule has 0 heterocycles. The van der Waals surface area contributed by atoms with Crippen LogP contribution in [0.1, 0.15) is 11.1 Å². The first-order valence-corrected chi connectivity index (χ1v) is 6.34. The van der Waals surface area contributed by atoms with Crippen molar-refractivity contribution in [2.24, 2.45) is 0 Å². The van der Waals surface area contributed by atoms with Gasteiger partial charge in [-0.25, -0.2) is 4.39 Å². The summed E-state index contributed by atoms with van der Waals surface area (Å²) in [7, 11) is 1.50. The van der Waals surface area contributed by atoms with Crippen LogP contribution in [0.3, 0.4) is 0 Å². The van der Waals surface area contributed by atoms with Crippen molar-refractivity contribution in [2.45, 2.75) is 13.0 Å². The summed E-state index contributed by atoms with van der Waals surface area (Å²) in [5.74, 6) is -0.203. The van der Waals surface area contributed by atoms with Crippen molar-refractivity contribution >= 4 is 5.97 Å². The molecule has 0 aliphatic carbocycles. The van der Waals surface area contributed by atoms with Crippen molar-refractivity contribution in [1.82, 2.24) is 0 Å². The van der Waals surface area contributed by atoms with E-state index >= 15 is 0 Å². The van der Waals surface area contributed by atoms with E-state index in [0.717, 1.165) is 0 Å². The Balaban J connectivity index is 2.09. The number of carboxylic acid groups (broad SMARTS) is 1. The van der Waals surface area contributed by atoms with E-state index in [4.69, 9.17) is 14.6 Å². The fourth-order valence-electron chi connectivity index (χ4n) is 1.94. The monoisotopic (exact) mass is 290 g/mol. The normalized spacial score (nSPS) is 10.2. The molecule has 0 bridgehead atoms. The van der Waals surface area contributed by atoms with E-state index in [-0.39, 0.29) is 18.8 Å². The Bertz CT molecular complexity index is 640. The zero-order valence-electron chi connectivity index (χ0n) is 11.5. The summed E-state index contributed by atoms with van der Waals surface area (Å²) < 4.78 is 24.0. The van der Waals surface area contributed by atoms with Gasteiger partial charge in [0.15, 0.2) is 0 Å². The number of halogens is 1. The second-order valence-electron chi connectivity index (χ2n) is 4.46. The van der Waals surface area contributed by atoms with Crippen LogP contribution in [0.2, 0.25) is 0 Å². The van der Waals surface area contributed by atoms with E-state index in [9.17, 15) is 9.18 Å². The fourth-order valence-corrected chi connectivity index (χ4v) is 1.94. The molecule has 0 fully saturated rings. The van der Waals surface area contributed by atoms with Crippen LogP contribution in [0.15, 0.2) is 42.5 Å². The second-order valence-corrected chi connectivity index (χ2v) is 4.46. The van der Waals surface area contributed by atoms with Gasteiger partial charge in [0, 0.05) is 5.56 Å². The van der Waals surface area contributed by atoms with E-state index < -0.39 is 5.97 Å². The highest BCUT2D eigenvalue weighted by Crippen LogP contribution is 2.22. The fraction of sp³-hybridized carbons (Fsp3) is 0.188. The highest BCUT2D eigenvalue weighted by atomic mass is 19.1. The highest BCUT2D eigenvalue weighted by molar-refractivity contribution is 5.70. The van der Waals surface area contributed by atoms with Crippen LogP contribution in [-0.2, 0) is 17.8 Å². The third-order valence-electron chi connectivity index (χ3n) is 2.89. The van der Waals surface area contributed by atoms with Gasteiger partial charge >= 0.3 is 5.97 Å². The summed E-state index contributed by atoms with van der Waals surface area (Å²) in [5, 5.41) is 8.77. The lowest BCUT2D eigenvalue weighted by atomic mass is 10.1. The Labute approximate surface area is 121 Å². The first-order valence-electron chi connectivity index (χ1n) is 6.34. The average molecular weight is 290 g/mol. The Kier molecular flexibility index (Phi) is 4.77. The van der Waals surface area contributed by atoms with Crippen LogP contribution >= 0.6 is 0 Å². The number of aliphatic carboxylic acids is 1. The van der Waals surface area contributed by atoms with E-state index in [1.54, 1.807) is 24.3 Å². The Hall–Kier alpha value is -2.56. The summed E-state index contributed by atoms with van der Waals surface area (Å²) >= 11 is 0. The molecule has 1 N–H and O–H groups in total. The summed E-state index contributed by atoms with van der Waals surface area (Å²) in [5.41, 5.74) is 1.23. The Morgan fingerprint density at radius 3 is 2.76 bits per heavy atom. The molecule has 0 amide bonds. The van der Waals surface area contributed by atoms with Crippen molar-refractivity contribution in [2.75, 3.05) is 7.11 Å². The van der Waals surface area contributed by atoms with Gasteiger partial charge in [0.2, 0.25) is 0 Å². The Morgan fingerprint density at radius 1 is 1.24 bits per heavy atom. The van der Waals surface area contributed by atoms with Gasteiger partial charge in [-0.1, -0.05) is 12.1 Å². The van der Waals surface area contributed by atoms with Crippen molar-refractivity contribution in [3.05, 3.63) is 59.4 Å². The molecule has 0 unspecified atom stereocenters. The van der Waals surface area contributed by atoms with E-state index in [1.807, 2.05) is 0 Å². The van der Waals surface area contributed by atoms with E-state index in [1.165, 1.54) is 25.3 Å². The molecule has 0 spiro atoms. The van der Waals surface area contributed by atoms with Crippen LogP contribution < -0.4 is 9.47 Å². The number of hydrogen-bond donors (Lipinski definition) is 1. The van der Waals surface area contributed by atoms with Crippen LogP contribution in [0, 0.1) is 5.82 Å². The quantitative estimate of drug-likeness (QED) is 0.888. The molecule has 0 radical (unpaired) electrons. The molecule has 2 rings (SSSR count). The van der Waals surface area contributed by atoms with Crippen LogP contribution in [0.25, 0.3) is 0 Å². The van der Waals surface area contributed by atoms with E-state index in [2.05, 4.69) is 0 Å². The summed E-state index contributed by atoms with van der Waals surface area (Å²) in [4.78, 5) is 10.7. The number of rotatable bonds is 6. The maximum atomic E-state index is 13.2. The first-order chi connectivity index (χ1) is 10.1. The van der Waals surface area contributed by atoms with E-state index in [0.29, 0.717) is 22.6 Å². The maximum Gasteiger partial charge on any atom is 0.307 e. The topological polar surface area (TPSA) is 55.8 Å². The van der Waals surface area contributed by atoms with Crippen molar-refractivity contribution in [3.8, 4) is 11.5 Å². The molecule has 0 saturated heterocycles. The third-order valence-corrected chi connectivity index (χ3v) is 2.89. The second kappa shape index (κ2) is 6.74. The molecule has 4 nitrogen and oxygen atoms in total. The first kappa shape index (κ1) is 14.8. The number of benzene rings is 2. The zero-order chi connectivity index (χ0) is 15.2. The number of carboxylic acids is 1. The minimum atomic E-state index is -0.904. The van der Waals surface area contributed by atoms with Gasteiger partial charge in [-0.3, -0.25) is 4.79 Å². The smallest absolute Gasteiger partial charge is 0.307 e. The minimum absolute atomic E-state index is 0.0690. The predicted octanol–water partition coefficient (Wildman–Crippen LogP) is 3.04. The molecule has 2 aromatic rings. The summed E-state index contributed by atoms with van der Waals surface area (Å²) in [6.07, 6.45) is -0.0690. The molecule has 2 aromatic carbocycles. The van der Waals surface area contributed by atoms with Crippen LogP contribution in [0.4, 0.5) is 4.39 Å². The zero-order valence-corrected chi connectivity index (χ0v) is 11.5. The number of ether oxygens (including phenoxy) is 2. The maximum absolute atomic E-state index is 13.2. The largest absolute Gasteiger partial charge is 0.496 e. The molecule has 0 aromatic heterocycles. The lowest BCUT2D eigenvalue weighted by Gasteiger charge is -2.11. The van der Waals surface area contributed by atoms with Crippen molar-refractivity contribution in [3.63, 3.8) is 0 Å². The molecule has 5 heteroatoms. The highest BCUT2D eigenvalue weighted by Gasteiger charge is 2.07. The van der Waals surface area contributed by atoms with Gasteiger partial charge in [-0.05, 0) is 35.9 Å². The lowest BCUT2D eigenvalue weighted by Crippen LogP contribution is -2.02. The molecule has 0 saturated carbocycles. The molecule has 0 aliphatic heterocycles.